The normalized spacial score (nSPS) is 16.6. The van der Waals surface area contributed by atoms with E-state index in [4.69, 9.17) is 23.2 Å². The number of rotatable bonds is 3. The van der Waals surface area contributed by atoms with E-state index in [1.807, 2.05) is 51.8 Å². The summed E-state index contributed by atoms with van der Waals surface area (Å²) in [6.45, 7) is 9.89. The Labute approximate surface area is 162 Å². The van der Waals surface area contributed by atoms with Crippen LogP contribution < -0.4 is 5.32 Å². The summed E-state index contributed by atoms with van der Waals surface area (Å²) in [6.07, 6.45) is 2.01. The summed E-state index contributed by atoms with van der Waals surface area (Å²) in [5.74, 6) is 0. The van der Waals surface area contributed by atoms with Crippen LogP contribution in [-0.4, -0.2) is 49.1 Å². The fraction of sp³-hybridized carbons (Fsp3) is 0.632. The second-order valence-corrected chi connectivity index (χ2v) is 7.17. The van der Waals surface area contributed by atoms with Crippen LogP contribution in [0.1, 0.15) is 50.8 Å². The maximum Gasteiger partial charge on any atom is 0.317 e. The van der Waals surface area contributed by atoms with Gasteiger partial charge in [0.15, 0.2) is 0 Å². The van der Waals surface area contributed by atoms with Gasteiger partial charge in [-0.2, -0.15) is 0 Å². The highest BCUT2D eigenvalue weighted by Gasteiger charge is 2.25. The molecule has 2 rings (SSSR count). The minimum Gasteiger partial charge on any atom is -0.331 e. The number of hydrogen-bond acceptors (Lipinski definition) is 2. The smallest absolute Gasteiger partial charge is 0.317 e. The van der Waals surface area contributed by atoms with Crippen LogP contribution in [-0.2, 0) is 0 Å². The van der Waals surface area contributed by atoms with Gasteiger partial charge in [0.1, 0.15) is 0 Å². The summed E-state index contributed by atoms with van der Waals surface area (Å²) >= 11 is 12.5. The van der Waals surface area contributed by atoms with Crippen LogP contribution in [0.4, 0.5) is 4.79 Å². The van der Waals surface area contributed by atoms with Crippen molar-refractivity contribution >= 4 is 29.2 Å². The van der Waals surface area contributed by atoms with Gasteiger partial charge in [0, 0.05) is 13.1 Å². The van der Waals surface area contributed by atoms with Crippen LogP contribution >= 0.6 is 23.2 Å². The summed E-state index contributed by atoms with van der Waals surface area (Å²) in [5, 5.41) is 4.09. The summed E-state index contributed by atoms with van der Waals surface area (Å²) in [6, 6.07) is 3.87. The molecule has 1 saturated heterocycles. The van der Waals surface area contributed by atoms with Gasteiger partial charge in [-0.1, -0.05) is 49.2 Å². The van der Waals surface area contributed by atoms with Gasteiger partial charge in [-0.05, 0) is 58.0 Å². The van der Waals surface area contributed by atoms with E-state index in [1.165, 1.54) is 0 Å². The molecule has 0 radical (unpaired) electrons. The lowest BCUT2D eigenvalue weighted by Gasteiger charge is -2.35. The minimum atomic E-state index is -0.193. The molecule has 1 N–H and O–H groups in total. The Hall–Kier alpha value is -0.970. The number of aryl methyl sites for hydroxylation is 1. The molecular weight excluding hydrogens is 357 g/mol. The number of nitrogens with one attached hydrogen (secondary N) is 1. The molecule has 0 bridgehead atoms. The first-order valence-corrected chi connectivity index (χ1v) is 9.73. The number of piperidine rings is 1. The van der Waals surface area contributed by atoms with Gasteiger partial charge in [0.25, 0.3) is 0 Å². The van der Waals surface area contributed by atoms with Gasteiger partial charge < -0.3 is 15.1 Å². The molecule has 142 valence electrons. The van der Waals surface area contributed by atoms with E-state index in [2.05, 4.69) is 17.3 Å². The number of hydrogen-bond donors (Lipinski definition) is 1. The maximum atomic E-state index is 12.5. The Bertz CT molecular complexity index is 572. The summed E-state index contributed by atoms with van der Waals surface area (Å²) in [4.78, 5) is 16.6. The molecular formula is C19H31Cl2N3O. The Kier molecular flexibility index (Phi) is 9.04. The molecule has 1 heterocycles. The molecule has 1 aliphatic rings. The second-order valence-electron chi connectivity index (χ2n) is 6.42. The third-order valence-corrected chi connectivity index (χ3v) is 5.66. The van der Waals surface area contributed by atoms with Crippen molar-refractivity contribution in [3.05, 3.63) is 33.3 Å². The van der Waals surface area contributed by atoms with E-state index in [0.717, 1.165) is 37.1 Å². The number of likely N-dealkylation sites (tertiary alicyclic amines) is 1. The molecule has 0 spiro atoms. The Morgan fingerprint density at radius 1 is 1.24 bits per heavy atom. The number of amides is 2. The fourth-order valence-electron chi connectivity index (χ4n) is 2.91. The Morgan fingerprint density at radius 2 is 1.80 bits per heavy atom. The average molecular weight is 388 g/mol. The lowest BCUT2D eigenvalue weighted by atomic mass is 10.0. The largest absolute Gasteiger partial charge is 0.331 e. The van der Waals surface area contributed by atoms with Crippen LogP contribution in [0.5, 0.6) is 0 Å². The number of benzene rings is 1. The lowest BCUT2D eigenvalue weighted by molar-refractivity contribution is 0.146. The van der Waals surface area contributed by atoms with Crippen LogP contribution in [0.3, 0.4) is 0 Å². The van der Waals surface area contributed by atoms with Crippen molar-refractivity contribution in [2.24, 2.45) is 0 Å². The number of carbonyl (C=O) groups excluding carboxylic acids is 1. The van der Waals surface area contributed by atoms with Crippen molar-refractivity contribution < 1.29 is 4.79 Å². The number of halogens is 2. The summed E-state index contributed by atoms with van der Waals surface area (Å²) in [7, 11) is 3.98. The first kappa shape index (κ1) is 22.1. The standard InChI is InChI=1S/C17H25Cl2N3O.C2H6/c1-11-5-6-14(16(19)15(11)18)12(2)20-17(23)22(4)13-7-9-21(3)10-8-13;1-2/h5-6,12-13H,7-10H2,1-4H3,(H,20,23);1-2H3. The van der Waals surface area contributed by atoms with Gasteiger partial charge in [-0.15, -0.1) is 0 Å². The molecule has 1 fully saturated rings. The Balaban J connectivity index is 0.00000151. The van der Waals surface area contributed by atoms with E-state index in [-0.39, 0.29) is 18.1 Å². The monoisotopic (exact) mass is 387 g/mol. The zero-order valence-electron chi connectivity index (χ0n) is 16.2. The highest BCUT2D eigenvalue weighted by Crippen LogP contribution is 2.32. The topological polar surface area (TPSA) is 35.6 Å². The van der Waals surface area contributed by atoms with Crippen LogP contribution in [0, 0.1) is 6.92 Å². The van der Waals surface area contributed by atoms with Gasteiger partial charge in [0.2, 0.25) is 0 Å². The highest BCUT2D eigenvalue weighted by molar-refractivity contribution is 6.43. The number of urea groups is 1. The Morgan fingerprint density at radius 3 is 2.36 bits per heavy atom. The number of carbonyl (C=O) groups is 1. The molecule has 1 unspecified atom stereocenters. The fourth-order valence-corrected chi connectivity index (χ4v) is 3.46. The predicted octanol–water partition coefficient (Wildman–Crippen LogP) is 5.12. The van der Waals surface area contributed by atoms with Gasteiger partial charge in [0.05, 0.1) is 16.1 Å². The number of nitrogens with zero attached hydrogens (tertiary/aromatic N) is 2. The van der Waals surface area contributed by atoms with Crippen molar-refractivity contribution in [3.63, 3.8) is 0 Å². The zero-order valence-corrected chi connectivity index (χ0v) is 17.7. The summed E-state index contributed by atoms with van der Waals surface area (Å²) in [5.41, 5.74) is 1.77. The average Bonchev–Trinajstić information content (AvgIpc) is 2.61. The van der Waals surface area contributed by atoms with E-state index >= 15 is 0 Å². The van der Waals surface area contributed by atoms with Crippen molar-refractivity contribution in [1.82, 2.24) is 15.1 Å². The minimum absolute atomic E-state index is 0.0696. The molecule has 25 heavy (non-hydrogen) atoms. The quantitative estimate of drug-likeness (QED) is 0.780. The molecule has 1 aliphatic heterocycles. The van der Waals surface area contributed by atoms with Crippen molar-refractivity contribution in [2.45, 2.75) is 52.6 Å². The van der Waals surface area contributed by atoms with Gasteiger partial charge in [-0.25, -0.2) is 4.79 Å². The van der Waals surface area contributed by atoms with E-state index in [0.29, 0.717) is 10.0 Å². The van der Waals surface area contributed by atoms with Crippen molar-refractivity contribution in [1.29, 1.82) is 0 Å². The van der Waals surface area contributed by atoms with Gasteiger partial charge in [-0.3, -0.25) is 0 Å². The molecule has 0 saturated carbocycles. The van der Waals surface area contributed by atoms with Crippen molar-refractivity contribution in [3.8, 4) is 0 Å². The highest BCUT2D eigenvalue weighted by atomic mass is 35.5. The maximum absolute atomic E-state index is 12.5. The summed E-state index contributed by atoms with van der Waals surface area (Å²) < 4.78 is 0. The first-order valence-electron chi connectivity index (χ1n) is 8.97. The third kappa shape index (κ3) is 5.77. The third-order valence-electron chi connectivity index (χ3n) is 4.67. The molecule has 0 aromatic heterocycles. The lowest BCUT2D eigenvalue weighted by Crippen LogP contribution is -2.48. The molecule has 1 atom stereocenters. The van der Waals surface area contributed by atoms with E-state index in [1.54, 1.807) is 0 Å². The molecule has 1 aromatic rings. The van der Waals surface area contributed by atoms with Crippen LogP contribution in [0.2, 0.25) is 10.0 Å². The zero-order chi connectivity index (χ0) is 19.1. The van der Waals surface area contributed by atoms with Crippen LogP contribution in [0.25, 0.3) is 0 Å². The molecule has 1 aromatic carbocycles. The van der Waals surface area contributed by atoms with Gasteiger partial charge >= 0.3 is 6.03 Å². The first-order chi connectivity index (χ1) is 11.8. The van der Waals surface area contributed by atoms with Crippen molar-refractivity contribution in [2.75, 3.05) is 27.2 Å². The SMILES string of the molecule is CC.Cc1ccc(C(C)NC(=O)N(C)C2CCN(C)CC2)c(Cl)c1Cl. The molecule has 2 amide bonds. The second kappa shape index (κ2) is 10.2. The van der Waals surface area contributed by atoms with E-state index < -0.39 is 0 Å². The van der Waals surface area contributed by atoms with Crippen LogP contribution in [0.15, 0.2) is 12.1 Å². The molecule has 6 heteroatoms. The van der Waals surface area contributed by atoms with E-state index in [9.17, 15) is 4.79 Å². The molecule has 4 nitrogen and oxygen atoms in total. The molecule has 0 aliphatic carbocycles. The predicted molar refractivity (Wildman–Crippen MR) is 108 cm³/mol.